The lowest BCUT2D eigenvalue weighted by Crippen LogP contribution is -2.55. The molecule has 5 rings (SSSR count). The number of hydrogen-bond acceptors (Lipinski definition) is 5. The van der Waals surface area contributed by atoms with E-state index < -0.39 is 6.10 Å². The van der Waals surface area contributed by atoms with E-state index in [0.29, 0.717) is 23.8 Å². The summed E-state index contributed by atoms with van der Waals surface area (Å²) < 4.78 is 0. The Morgan fingerprint density at radius 2 is 2.03 bits per heavy atom. The van der Waals surface area contributed by atoms with Crippen LogP contribution >= 0.6 is 11.6 Å². The van der Waals surface area contributed by atoms with Gasteiger partial charge in [-0.1, -0.05) is 36.6 Å². The molecule has 0 bridgehead atoms. The Morgan fingerprint density at radius 1 is 1.19 bits per heavy atom. The Bertz CT molecular complexity index is 1130. The van der Waals surface area contributed by atoms with E-state index in [4.69, 9.17) is 11.6 Å². The average Bonchev–Trinajstić information content (AvgIpc) is 2.78. The normalized spacial score (nSPS) is 21.5. The lowest BCUT2D eigenvalue weighted by atomic mass is 9.89. The summed E-state index contributed by atoms with van der Waals surface area (Å²) in [6.45, 7) is 0.458. The number of nitrogens with zero attached hydrogens (tertiary/aromatic N) is 4. The minimum absolute atomic E-state index is 0.0258. The van der Waals surface area contributed by atoms with Gasteiger partial charge in [0.25, 0.3) is 5.91 Å². The predicted octanol–water partition coefficient (Wildman–Crippen LogP) is 4.03. The molecule has 1 amide bonds. The average molecular weight is 437 g/mol. The highest BCUT2D eigenvalue weighted by Gasteiger charge is 2.38. The smallest absolute Gasteiger partial charge is 0.257 e. The van der Waals surface area contributed by atoms with E-state index in [1.54, 1.807) is 18.5 Å². The van der Waals surface area contributed by atoms with Gasteiger partial charge in [-0.05, 0) is 48.6 Å². The van der Waals surface area contributed by atoms with Crippen LogP contribution in [0.5, 0.6) is 0 Å². The number of benzene rings is 1. The van der Waals surface area contributed by atoms with Crippen molar-refractivity contribution in [3.05, 3.63) is 64.6 Å². The van der Waals surface area contributed by atoms with Crippen LogP contribution in [0, 0.1) is 0 Å². The number of aliphatic hydroxyl groups is 1. The van der Waals surface area contributed by atoms with Gasteiger partial charge in [0.1, 0.15) is 5.15 Å². The van der Waals surface area contributed by atoms with E-state index >= 15 is 0 Å². The number of aromatic nitrogens is 2. The van der Waals surface area contributed by atoms with Crippen molar-refractivity contribution in [2.24, 2.45) is 0 Å². The van der Waals surface area contributed by atoms with Crippen molar-refractivity contribution >= 4 is 34.1 Å². The summed E-state index contributed by atoms with van der Waals surface area (Å²) in [5.41, 5.74) is 4.39. The molecule has 2 atom stereocenters. The Labute approximate surface area is 186 Å². The van der Waals surface area contributed by atoms with Crippen molar-refractivity contribution in [3.63, 3.8) is 0 Å². The summed E-state index contributed by atoms with van der Waals surface area (Å²) in [6, 6.07) is 9.56. The zero-order valence-corrected chi connectivity index (χ0v) is 18.2. The largest absolute Gasteiger partial charge is 0.391 e. The second-order valence-corrected chi connectivity index (χ2v) is 8.92. The van der Waals surface area contributed by atoms with Crippen LogP contribution in [0.15, 0.2) is 42.7 Å². The molecule has 1 saturated carbocycles. The Balaban J connectivity index is 1.61. The van der Waals surface area contributed by atoms with E-state index in [0.717, 1.165) is 53.4 Å². The van der Waals surface area contributed by atoms with Gasteiger partial charge >= 0.3 is 0 Å². The molecule has 160 valence electrons. The fourth-order valence-corrected chi connectivity index (χ4v) is 5.07. The zero-order valence-electron chi connectivity index (χ0n) is 17.5. The van der Waals surface area contributed by atoms with Gasteiger partial charge in [-0.25, -0.2) is 4.98 Å². The van der Waals surface area contributed by atoms with Crippen LogP contribution in [0.4, 0.5) is 5.69 Å². The number of fused-ring (bicyclic) bond motifs is 3. The maximum atomic E-state index is 13.6. The highest BCUT2D eigenvalue weighted by Crippen LogP contribution is 2.38. The molecule has 0 unspecified atom stereocenters. The van der Waals surface area contributed by atoms with E-state index in [2.05, 4.69) is 20.9 Å². The minimum atomic E-state index is -0.467. The minimum Gasteiger partial charge on any atom is -0.391 e. The van der Waals surface area contributed by atoms with Gasteiger partial charge in [-0.15, -0.1) is 0 Å². The topological polar surface area (TPSA) is 69.6 Å². The van der Waals surface area contributed by atoms with Crippen LogP contribution in [-0.2, 0) is 6.42 Å². The summed E-state index contributed by atoms with van der Waals surface area (Å²) in [4.78, 5) is 26.4. The number of aliphatic hydroxyl groups excluding tert-OH is 1. The first-order valence-corrected chi connectivity index (χ1v) is 11.1. The van der Waals surface area contributed by atoms with Crippen LogP contribution < -0.4 is 4.90 Å². The quantitative estimate of drug-likeness (QED) is 0.628. The number of halogens is 1. The molecule has 1 aromatic carbocycles. The SMILES string of the molecule is CN1CN([C@H]2CCCC[C@@H]2O)C(=O)c2cc(Cc3ccc(Cl)nc3)c3cccnc3c21. The highest BCUT2D eigenvalue weighted by atomic mass is 35.5. The third kappa shape index (κ3) is 3.64. The Hall–Kier alpha value is -2.70. The van der Waals surface area contributed by atoms with Gasteiger partial charge in [0.05, 0.1) is 35.6 Å². The molecule has 2 aromatic heterocycles. The number of anilines is 1. The molecule has 0 radical (unpaired) electrons. The Kier molecular flexibility index (Phi) is 5.28. The van der Waals surface area contributed by atoms with Gasteiger partial charge in [-0.2, -0.15) is 0 Å². The molecular weight excluding hydrogens is 412 g/mol. The molecule has 1 aliphatic carbocycles. The van der Waals surface area contributed by atoms with Crippen molar-refractivity contribution in [2.45, 2.75) is 44.2 Å². The zero-order chi connectivity index (χ0) is 21.5. The third-order valence-electron chi connectivity index (χ3n) is 6.47. The molecule has 3 heterocycles. The van der Waals surface area contributed by atoms with Crippen molar-refractivity contribution in [3.8, 4) is 0 Å². The van der Waals surface area contributed by atoms with Crippen LogP contribution in [0.3, 0.4) is 0 Å². The Morgan fingerprint density at radius 3 is 2.81 bits per heavy atom. The maximum absolute atomic E-state index is 13.6. The summed E-state index contributed by atoms with van der Waals surface area (Å²) in [5, 5.41) is 12.1. The van der Waals surface area contributed by atoms with Crippen molar-refractivity contribution in [2.75, 3.05) is 18.6 Å². The summed E-state index contributed by atoms with van der Waals surface area (Å²) in [6.07, 6.45) is 7.34. The molecular formula is C24H25ClN4O2. The predicted molar refractivity (Wildman–Crippen MR) is 121 cm³/mol. The highest BCUT2D eigenvalue weighted by molar-refractivity contribution is 6.29. The lowest BCUT2D eigenvalue weighted by Gasteiger charge is -2.43. The molecule has 2 aliphatic rings. The number of carbonyl (C=O) groups excluding carboxylic acids is 1. The second-order valence-electron chi connectivity index (χ2n) is 8.53. The van der Waals surface area contributed by atoms with Gasteiger partial charge in [-0.3, -0.25) is 9.78 Å². The van der Waals surface area contributed by atoms with E-state index in [1.807, 2.05) is 30.1 Å². The van der Waals surface area contributed by atoms with E-state index in [1.165, 1.54) is 0 Å². The maximum Gasteiger partial charge on any atom is 0.257 e. The van der Waals surface area contributed by atoms with Gasteiger partial charge in [0, 0.05) is 24.8 Å². The van der Waals surface area contributed by atoms with Crippen LogP contribution in [0.25, 0.3) is 10.9 Å². The van der Waals surface area contributed by atoms with Crippen molar-refractivity contribution in [1.82, 2.24) is 14.9 Å². The molecule has 1 aliphatic heterocycles. The van der Waals surface area contributed by atoms with Crippen LogP contribution in [0.1, 0.15) is 47.2 Å². The van der Waals surface area contributed by atoms with Crippen molar-refractivity contribution in [1.29, 1.82) is 0 Å². The second kappa shape index (κ2) is 8.09. The first-order valence-electron chi connectivity index (χ1n) is 10.7. The molecule has 1 fully saturated rings. The van der Waals surface area contributed by atoms with Crippen molar-refractivity contribution < 1.29 is 9.90 Å². The standard InChI is InChI=1S/C24H25ClN4O2/c1-28-14-29(19-6-2-3-7-20(19)30)24(31)18-12-16(11-15-8-9-21(25)27-13-15)17-5-4-10-26-22(17)23(18)28/h4-5,8-10,12-13,19-20,30H,2-3,6-7,11,14H2,1H3/t19-,20-/m0/s1. The molecule has 3 aromatic rings. The number of hydrogen-bond donors (Lipinski definition) is 1. The summed E-state index contributed by atoms with van der Waals surface area (Å²) in [5.74, 6) is -0.0258. The number of amides is 1. The lowest BCUT2D eigenvalue weighted by molar-refractivity contribution is 0.0167. The number of carbonyl (C=O) groups is 1. The van der Waals surface area contributed by atoms with Crippen LogP contribution in [-0.4, -0.2) is 51.7 Å². The fraction of sp³-hybridized carbons (Fsp3) is 0.375. The van der Waals surface area contributed by atoms with E-state index in [9.17, 15) is 9.90 Å². The molecule has 0 saturated heterocycles. The fourth-order valence-electron chi connectivity index (χ4n) is 4.96. The van der Waals surface area contributed by atoms with Gasteiger partial charge in [0.15, 0.2) is 0 Å². The van der Waals surface area contributed by atoms with Crippen LogP contribution in [0.2, 0.25) is 5.15 Å². The molecule has 1 N–H and O–H groups in total. The first kappa shape index (κ1) is 20.2. The molecule has 0 spiro atoms. The number of rotatable bonds is 3. The number of pyridine rings is 2. The monoisotopic (exact) mass is 436 g/mol. The molecule has 7 heteroatoms. The first-order chi connectivity index (χ1) is 15.0. The van der Waals surface area contributed by atoms with Gasteiger partial charge < -0.3 is 14.9 Å². The summed E-state index contributed by atoms with van der Waals surface area (Å²) >= 11 is 5.94. The third-order valence-corrected chi connectivity index (χ3v) is 6.69. The van der Waals surface area contributed by atoms with Gasteiger partial charge in [0.2, 0.25) is 0 Å². The molecule has 31 heavy (non-hydrogen) atoms. The van der Waals surface area contributed by atoms with E-state index in [-0.39, 0.29) is 11.9 Å². The molecule has 6 nitrogen and oxygen atoms in total. The summed E-state index contributed by atoms with van der Waals surface area (Å²) in [7, 11) is 1.99.